The molecule has 0 aliphatic heterocycles. The van der Waals surface area contributed by atoms with E-state index in [1.54, 1.807) is 7.11 Å². The summed E-state index contributed by atoms with van der Waals surface area (Å²) in [6, 6.07) is 14.9. The predicted molar refractivity (Wildman–Crippen MR) is 103 cm³/mol. The van der Waals surface area contributed by atoms with Gasteiger partial charge in [0.2, 0.25) is 0 Å². The lowest BCUT2D eigenvalue weighted by Crippen LogP contribution is -2.28. The highest BCUT2D eigenvalue weighted by molar-refractivity contribution is 7.09. The topological polar surface area (TPSA) is 81.9 Å². The zero-order valence-electron chi connectivity index (χ0n) is 14.6. The van der Waals surface area contributed by atoms with Crippen LogP contribution >= 0.6 is 11.3 Å². The molecule has 2 aromatic carbocycles. The van der Waals surface area contributed by atoms with Gasteiger partial charge in [-0.05, 0) is 18.2 Å². The molecule has 27 heavy (non-hydrogen) atoms. The highest BCUT2D eigenvalue weighted by atomic mass is 32.1. The first-order valence-electron chi connectivity index (χ1n) is 8.38. The summed E-state index contributed by atoms with van der Waals surface area (Å²) in [6.07, 6.45) is 0.683. The molecule has 8 heteroatoms. The number of carbonyl (C=O) groups is 1. The van der Waals surface area contributed by atoms with Crippen LogP contribution in [-0.4, -0.2) is 33.1 Å². The number of rotatable bonds is 5. The second-order valence-electron chi connectivity index (χ2n) is 5.87. The molecule has 4 rings (SSSR count). The Morgan fingerprint density at radius 2 is 2.00 bits per heavy atom. The molecule has 136 valence electrons. The highest BCUT2D eigenvalue weighted by Crippen LogP contribution is 2.22. The van der Waals surface area contributed by atoms with Crippen LogP contribution < -0.4 is 10.1 Å². The molecule has 2 aromatic heterocycles. The highest BCUT2D eigenvalue weighted by Gasteiger charge is 2.12. The Hall–Kier alpha value is -3.26. The summed E-state index contributed by atoms with van der Waals surface area (Å²) in [5.41, 5.74) is 3.38. The molecule has 0 saturated carbocycles. The van der Waals surface area contributed by atoms with Gasteiger partial charge in [0.15, 0.2) is 0 Å². The molecule has 2 heterocycles. The van der Waals surface area contributed by atoms with Crippen molar-refractivity contribution in [3.05, 3.63) is 70.2 Å². The van der Waals surface area contributed by atoms with Crippen molar-refractivity contribution in [2.24, 2.45) is 0 Å². The number of aromatic nitrogens is 4. The van der Waals surface area contributed by atoms with Crippen LogP contribution in [0.4, 0.5) is 4.79 Å². The molecule has 0 unspecified atom stereocenters. The summed E-state index contributed by atoms with van der Waals surface area (Å²) in [6.45, 7) is 0.337. The number of para-hydroxylation sites is 2. The molecule has 0 radical (unpaired) electrons. The quantitative estimate of drug-likeness (QED) is 0.576. The fourth-order valence-electron chi connectivity index (χ4n) is 2.80. The minimum absolute atomic E-state index is 0.329. The van der Waals surface area contributed by atoms with Gasteiger partial charge in [0, 0.05) is 17.4 Å². The van der Waals surface area contributed by atoms with E-state index in [2.05, 4.69) is 20.6 Å². The number of nitrogens with zero attached hydrogens (tertiary/aromatic N) is 4. The average molecular weight is 379 g/mol. The van der Waals surface area contributed by atoms with Crippen LogP contribution in [0, 0.1) is 0 Å². The summed E-state index contributed by atoms with van der Waals surface area (Å²) in [4.78, 5) is 17.0. The second kappa shape index (κ2) is 7.55. The van der Waals surface area contributed by atoms with Gasteiger partial charge in [-0.3, -0.25) is 0 Å². The molecule has 1 N–H and O–H groups in total. The number of hydrogen-bond donors (Lipinski definition) is 1. The lowest BCUT2D eigenvalue weighted by atomic mass is 10.1. The summed E-state index contributed by atoms with van der Waals surface area (Å²) in [5, 5.41) is 13.6. The zero-order chi connectivity index (χ0) is 18.6. The number of nitrogens with one attached hydrogen (secondary N) is 1. The number of amides is 1. The van der Waals surface area contributed by atoms with E-state index in [0.29, 0.717) is 24.0 Å². The standard InChI is InChI=1S/C19H17N5O2S/c1-26-17-9-5-2-6-13(17)10-14-12-27-18(21-14)11-20-19(25)24-16-8-4-3-7-15(16)22-23-24/h2-9,12H,10-11H2,1H3,(H,20,25). The van der Waals surface area contributed by atoms with E-state index in [-0.39, 0.29) is 6.03 Å². The van der Waals surface area contributed by atoms with Crippen LogP contribution in [0.5, 0.6) is 5.75 Å². The third-order valence-corrected chi connectivity index (χ3v) is 5.00. The van der Waals surface area contributed by atoms with E-state index in [4.69, 9.17) is 4.74 Å². The Morgan fingerprint density at radius 1 is 1.19 bits per heavy atom. The van der Waals surface area contributed by atoms with E-state index >= 15 is 0 Å². The molecule has 0 fully saturated rings. The van der Waals surface area contributed by atoms with E-state index in [1.807, 2.05) is 53.9 Å². The summed E-state index contributed by atoms with van der Waals surface area (Å²) >= 11 is 1.51. The molecule has 0 bridgehead atoms. The second-order valence-corrected chi connectivity index (χ2v) is 6.81. The van der Waals surface area contributed by atoms with Crippen LogP contribution in [0.25, 0.3) is 11.0 Å². The van der Waals surface area contributed by atoms with Crippen LogP contribution in [0.3, 0.4) is 0 Å². The van der Waals surface area contributed by atoms with Crippen molar-refractivity contribution in [1.82, 2.24) is 25.3 Å². The predicted octanol–water partition coefficient (Wildman–Crippen LogP) is 3.25. The van der Waals surface area contributed by atoms with Crippen molar-refractivity contribution in [3.63, 3.8) is 0 Å². The smallest absolute Gasteiger partial charge is 0.344 e. The Balaban J connectivity index is 1.41. The number of fused-ring (bicyclic) bond motifs is 1. The summed E-state index contributed by atoms with van der Waals surface area (Å²) in [5.74, 6) is 0.846. The molecule has 0 spiro atoms. The van der Waals surface area contributed by atoms with Crippen molar-refractivity contribution >= 4 is 28.4 Å². The molecule has 1 amide bonds. The van der Waals surface area contributed by atoms with E-state index in [9.17, 15) is 4.79 Å². The van der Waals surface area contributed by atoms with Crippen molar-refractivity contribution in [2.75, 3.05) is 7.11 Å². The van der Waals surface area contributed by atoms with Crippen molar-refractivity contribution in [3.8, 4) is 5.75 Å². The van der Waals surface area contributed by atoms with E-state index in [0.717, 1.165) is 22.0 Å². The van der Waals surface area contributed by atoms with Gasteiger partial charge in [-0.2, -0.15) is 4.68 Å². The van der Waals surface area contributed by atoms with Crippen molar-refractivity contribution < 1.29 is 9.53 Å². The van der Waals surface area contributed by atoms with Gasteiger partial charge in [-0.15, -0.1) is 16.4 Å². The van der Waals surface area contributed by atoms with Gasteiger partial charge in [0.25, 0.3) is 0 Å². The number of hydrogen-bond acceptors (Lipinski definition) is 6. The maximum atomic E-state index is 12.4. The van der Waals surface area contributed by atoms with Gasteiger partial charge in [0.05, 0.1) is 24.9 Å². The lowest BCUT2D eigenvalue weighted by molar-refractivity contribution is 0.239. The third kappa shape index (κ3) is 3.65. The Kier molecular flexibility index (Phi) is 4.80. The van der Waals surface area contributed by atoms with Crippen LogP contribution in [-0.2, 0) is 13.0 Å². The fourth-order valence-corrected chi connectivity index (χ4v) is 3.53. The first-order chi connectivity index (χ1) is 13.2. The maximum absolute atomic E-state index is 12.4. The monoisotopic (exact) mass is 379 g/mol. The van der Waals surface area contributed by atoms with Crippen LogP contribution in [0.1, 0.15) is 16.3 Å². The average Bonchev–Trinajstić information content (AvgIpc) is 3.33. The fraction of sp³-hybridized carbons (Fsp3) is 0.158. The molecule has 0 atom stereocenters. The summed E-state index contributed by atoms with van der Waals surface area (Å²) in [7, 11) is 1.66. The zero-order valence-corrected chi connectivity index (χ0v) is 15.4. The minimum atomic E-state index is -0.329. The molecule has 7 nitrogen and oxygen atoms in total. The third-order valence-electron chi connectivity index (χ3n) is 4.10. The molecular weight excluding hydrogens is 362 g/mol. The van der Waals surface area contributed by atoms with Crippen LogP contribution in [0.15, 0.2) is 53.9 Å². The minimum Gasteiger partial charge on any atom is -0.496 e. The number of benzene rings is 2. The Labute approximate surface area is 159 Å². The first kappa shape index (κ1) is 17.2. The SMILES string of the molecule is COc1ccccc1Cc1csc(CNC(=O)n2nnc3ccccc32)n1. The van der Waals surface area contributed by atoms with E-state index < -0.39 is 0 Å². The van der Waals surface area contributed by atoms with Gasteiger partial charge in [0.1, 0.15) is 16.3 Å². The number of ether oxygens (including phenoxy) is 1. The van der Waals surface area contributed by atoms with Crippen LogP contribution in [0.2, 0.25) is 0 Å². The van der Waals surface area contributed by atoms with Gasteiger partial charge >= 0.3 is 6.03 Å². The van der Waals surface area contributed by atoms with Gasteiger partial charge in [-0.1, -0.05) is 35.5 Å². The maximum Gasteiger partial charge on any atom is 0.344 e. The molecule has 4 aromatic rings. The normalized spacial score (nSPS) is 10.9. The van der Waals surface area contributed by atoms with Crippen molar-refractivity contribution in [1.29, 1.82) is 0 Å². The van der Waals surface area contributed by atoms with Gasteiger partial charge < -0.3 is 10.1 Å². The molecule has 0 aliphatic carbocycles. The molecule has 0 aliphatic rings. The Bertz CT molecular complexity index is 1090. The van der Waals surface area contributed by atoms with E-state index in [1.165, 1.54) is 16.0 Å². The largest absolute Gasteiger partial charge is 0.496 e. The van der Waals surface area contributed by atoms with Crippen molar-refractivity contribution in [2.45, 2.75) is 13.0 Å². The number of thiazole rings is 1. The Morgan fingerprint density at radius 3 is 2.89 bits per heavy atom. The molecular formula is C19H17N5O2S. The lowest BCUT2D eigenvalue weighted by Gasteiger charge is -2.06. The summed E-state index contributed by atoms with van der Waals surface area (Å²) < 4.78 is 6.65. The number of methoxy groups -OCH3 is 1. The van der Waals surface area contributed by atoms with Gasteiger partial charge in [-0.25, -0.2) is 9.78 Å². The first-order valence-corrected chi connectivity index (χ1v) is 9.26. The molecule has 0 saturated heterocycles. The number of carbonyl (C=O) groups excluding carboxylic acids is 1.